The zero-order valence-electron chi connectivity index (χ0n) is 9.22. The zero-order chi connectivity index (χ0) is 11.4. The van der Waals surface area contributed by atoms with Crippen LogP contribution in [0.5, 0.6) is 0 Å². The van der Waals surface area contributed by atoms with Gasteiger partial charge in [0.15, 0.2) is 0 Å². The van der Waals surface area contributed by atoms with Gasteiger partial charge in [0.25, 0.3) is 0 Å². The fourth-order valence-corrected chi connectivity index (χ4v) is 1.70. The van der Waals surface area contributed by atoms with Gasteiger partial charge in [-0.1, -0.05) is 29.8 Å². The van der Waals surface area contributed by atoms with Crippen molar-refractivity contribution in [1.82, 2.24) is 10.4 Å². The highest BCUT2D eigenvalue weighted by molar-refractivity contribution is 5.32. The lowest BCUT2D eigenvalue weighted by molar-refractivity contribution is 0.636. The first kappa shape index (κ1) is 10.8. The summed E-state index contributed by atoms with van der Waals surface area (Å²) < 4.78 is 0. The van der Waals surface area contributed by atoms with Crippen molar-refractivity contribution in [3.05, 3.63) is 65.5 Å². The lowest BCUT2D eigenvalue weighted by Crippen LogP contribution is -2.28. The van der Waals surface area contributed by atoms with E-state index >= 15 is 0 Å². The number of hydrogen-bond acceptors (Lipinski definition) is 3. The molecule has 3 heteroatoms. The van der Waals surface area contributed by atoms with E-state index in [-0.39, 0.29) is 6.04 Å². The SMILES string of the molecule is Cc1ccc(C(NN)c2ccncc2)cc1. The molecule has 0 aliphatic rings. The van der Waals surface area contributed by atoms with Crippen molar-refractivity contribution >= 4 is 0 Å². The van der Waals surface area contributed by atoms with Crippen LogP contribution in [0.25, 0.3) is 0 Å². The number of hydrogen-bond donors (Lipinski definition) is 2. The summed E-state index contributed by atoms with van der Waals surface area (Å²) in [6, 6.07) is 12.3. The second-order valence-electron chi connectivity index (χ2n) is 3.79. The van der Waals surface area contributed by atoms with Crippen molar-refractivity contribution in [2.75, 3.05) is 0 Å². The second-order valence-corrected chi connectivity index (χ2v) is 3.79. The Balaban J connectivity index is 2.33. The maximum Gasteiger partial charge on any atom is 0.0711 e. The van der Waals surface area contributed by atoms with Crippen LogP contribution in [0.15, 0.2) is 48.8 Å². The van der Waals surface area contributed by atoms with Crippen LogP contribution in [-0.4, -0.2) is 4.98 Å². The Morgan fingerprint density at radius 2 is 1.56 bits per heavy atom. The van der Waals surface area contributed by atoms with Crippen molar-refractivity contribution < 1.29 is 0 Å². The molecule has 0 aliphatic heterocycles. The molecule has 0 saturated heterocycles. The Morgan fingerprint density at radius 3 is 2.12 bits per heavy atom. The van der Waals surface area contributed by atoms with Gasteiger partial charge in [0.1, 0.15) is 0 Å². The van der Waals surface area contributed by atoms with Gasteiger partial charge in [-0.15, -0.1) is 0 Å². The van der Waals surface area contributed by atoms with E-state index in [9.17, 15) is 0 Å². The number of nitrogens with zero attached hydrogens (tertiary/aromatic N) is 1. The Labute approximate surface area is 95.3 Å². The van der Waals surface area contributed by atoms with E-state index < -0.39 is 0 Å². The molecular formula is C13H15N3. The standard InChI is InChI=1S/C13H15N3/c1-10-2-4-11(5-3-10)13(16-14)12-6-8-15-9-7-12/h2-9,13,16H,14H2,1H3. The minimum absolute atomic E-state index is 0.0172. The molecule has 1 heterocycles. The average molecular weight is 213 g/mol. The lowest BCUT2D eigenvalue weighted by atomic mass is 9.99. The lowest BCUT2D eigenvalue weighted by Gasteiger charge is -2.16. The smallest absolute Gasteiger partial charge is 0.0711 e. The molecule has 0 fully saturated rings. The van der Waals surface area contributed by atoms with Gasteiger partial charge in [-0.3, -0.25) is 10.8 Å². The maximum atomic E-state index is 5.60. The van der Waals surface area contributed by atoms with Crippen molar-refractivity contribution in [3.63, 3.8) is 0 Å². The van der Waals surface area contributed by atoms with Gasteiger partial charge < -0.3 is 0 Å². The number of nitrogens with two attached hydrogens (primary N) is 1. The third-order valence-electron chi connectivity index (χ3n) is 2.62. The number of pyridine rings is 1. The summed E-state index contributed by atoms with van der Waals surface area (Å²) in [6.45, 7) is 2.07. The summed E-state index contributed by atoms with van der Waals surface area (Å²) in [5.41, 5.74) is 6.34. The highest BCUT2D eigenvalue weighted by atomic mass is 15.2. The summed E-state index contributed by atoms with van der Waals surface area (Å²) in [5, 5.41) is 0. The zero-order valence-corrected chi connectivity index (χ0v) is 9.22. The highest BCUT2D eigenvalue weighted by Crippen LogP contribution is 2.20. The van der Waals surface area contributed by atoms with Gasteiger partial charge in [-0.2, -0.15) is 0 Å². The van der Waals surface area contributed by atoms with Crippen molar-refractivity contribution in [3.8, 4) is 0 Å². The number of nitrogens with one attached hydrogen (secondary N) is 1. The summed E-state index contributed by atoms with van der Waals surface area (Å²) >= 11 is 0. The second kappa shape index (κ2) is 4.88. The molecule has 1 aromatic heterocycles. The number of hydrazine groups is 1. The summed E-state index contributed by atoms with van der Waals surface area (Å²) in [7, 11) is 0. The Bertz CT molecular complexity index is 436. The number of aromatic nitrogens is 1. The fraction of sp³-hybridized carbons (Fsp3) is 0.154. The van der Waals surface area contributed by atoms with Gasteiger partial charge in [-0.25, -0.2) is 5.43 Å². The summed E-state index contributed by atoms with van der Waals surface area (Å²) in [5.74, 6) is 5.60. The molecular weight excluding hydrogens is 198 g/mol. The molecule has 0 aliphatic carbocycles. The molecule has 1 unspecified atom stereocenters. The number of benzene rings is 1. The predicted molar refractivity (Wildman–Crippen MR) is 64.6 cm³/mol. The molecule has 3 nitrogen and oxygen atoms in total. The van der Waals surface area contributed by atoms with E-state index in [4.69, 9.17) is 5.84 Å². The van der Waals surface area contributed by atoms with Crippen molar-refractivity contribution in [2.24, 2.45) is 5.84 Å². The van der Waals surface area contributed by atoms with Gasteiger partial charge in [0.05, 0.1) is 6.04 Å². The van der Waals surface area contributed by atoms with E-state index in [0.29, 0.717) is 0 Å². The van der Waals surface area contributed by atoms with Crippen LogP contribution in [0.1, 0.15) is 22.7 Å². The largest absolute Gasteiger partial charge is 0.271 e. The summed E-state index contributed by atoms with van der Waals surface area (Å²) in [4.78, 5) is 4.00. The molecule has 82 valence electrons. The van der Waals surface area contributed by atoms with E-state index in [1.807, 2.05) is 12.1 Å². The predicted octanol–water partition coefficient (Wildman–Crippen LogP) is 1.94. The number of aryl methyl sites for hydroxylation is 1. The Hall–Kier alpha value is -1.71. The first-order valence-corrected chi connectivity index (χ1v) is 5.24. The van der Waals surface area contributed by atoms with Crippen LogP contribution in [0.4, 0.5) is 0 Å². The van der Waals surface area contributed by atoms with Crippen molar-refractivity contribution in [1.29, 1.82) is 0 Å². The minimum atomic E-state index is 0.0172. The third-order valence-corrected chi connectivity index (χ3v) is 2.62. The van der Waals surface area contributed by atoms with Crippen molar-refractivity contribution in [2.45, 2.75) is 13.0 Å². The molecule has 0 spiro atoms. The first-order valence-electron chi connectivity index (χ1n) is 5.24. The van der Waals surface area contributed by atoms with E-state index in [2.05, 4.69) is 41.6 Å². The van der Waals surface area contributed by atoms with Gasteiger partial charge in [0, 0.05) is 12.4 Å². The first-order chi connectivity index (χ1) is 7.81. The monoisotopic (exact) mass is 213 g/mol. The molecule has 2 aromatic rings. The molecule has 0 bridgehead atoms. The maximum absolute atomic E-state index is 5.60. The van der Waals surface area contributed by atoms with Crippen LogP contribution in [0, 0.1) is 6.92 Å². The van der Waals surface area contributed by atoms with Crippen LogP contribution < -0.4 is 11.3 Å². The molecule has 1 aromatic carbocycles. The molecule has 0 radical (unpaired) electrons. The third kappa shape index (κ3) is 2.27. The highest BCUT2D eigenvalue weighted by Gasteiger charge is 2.11. The molecule has 1 atom stereocenters. The van der Waals surface area contributed by atoms with Gasteiger partial charge in [0.2, 0.25) is 0 Å². The normalized spacial score (nSPS) is 12.4. The van der Waals surface area contributed by atoms with Crippen LogP contribution in [0.3, 0.4) is 0 Å². The minimum Gasteiger partial charge on any atom is -0.271 e. The molecule has 0 saturated carbocycles. The Morgan fingerprint density at radius 1 is 1.00 bits per heavy atom. The number of rotatable bonds is 3. The molecule has 2 rings (SSSR count). The molecule has 16 heavy (non-hydrogen) atoms. The van der Waals surface area contributed by atoms with Crippen LogP contribution in [0.2, 0.25) is 0 Å². The van der Waals surface area contributed by atoms with E-state index in [1.165, 1.54) is 5.56 Å². The average Bonchev–Trinajstić information content (AvgIpc) is 2.34. The van der Waals surface area contributed by atoms with Crippen LogP contribution in [-0.2, 0) is 0 Å². The summed E-state index contributed by atoms with van der Waals surface area (Å²) in [6.07, 6.45) is 3.54. The van der Waals surface area contributed by atoms with Gasteiger partial charge >= 0.3 is 0 Å². The molecule has 0 amide bonds. The molecule has 3 N–H and O–H groups in total. The van der Waals surface area contributed by atoms with E-state index in [0.717, 1.165) is 11.1 Å². The van der Waals surface area contributed by atoms with Crippen LogP contribution >= 0.6 is 0 Å². The topological polar surface area (TPSA) is 50.9 Å². The quantitative estimate of drug-likeness (QED) is 0.605. The fourth-order valence-electron chi connectivity index (χ4n) is 1.70. The Kier molecular flexibility index (Phi) is 3.29. The van der Waals surface area contributed by atoms with Gasteiger partial charge in [-0.05, 0) is 30.2 Å². The van der Waals surface area contributed by atoms with E-state index in [1.54, 1.807) is 12.4 Å².